The number of benzene rings is 2. The molecule has 1 aliphatic heterocycles. The Bertz CT molecular complexity index is 923. The number of rotatable bonds is 9. The largest absolute Gasteiger partial charge is 0.495 e. The molecule has 3 rings (SSSR count). The zero-order chi connectivity index (χ0) is 22.9. The van der Waals surface area contributed by atoms with Gasteiger partial charge in [-0.05, 0) is 55.3 Å². The maximum absolute atomic E-state index is 12.7. The summed E-state index contributed by atoms with van der Waals surface area (Å²) in [5, 5.41) is 6.16. The fraction of sp³-hybridized carbons (Fsp3) is 0.440. The molecule has 2 amide bonds. The fourth-order valence-corrected chi connectivity index (χ4v) is 3.86. The van der Waals surface area contributed by atoms with Gasteiger partial charge in [0, 0.05) is 38.3 Å². The van der Waals surface area contributed by atoms with E-state index in [0.717, 1.165) is 55.2 Å². The van der Waals surface area contributed by atoms with E-state index in [9.17, 15) is 9.59 Å². The van der Waals surface area contributed by atoms with Crippen LogP contribution in [0.1, 0.15) is 34.8 Å². The molecule has 1 saturated heterocycles. The molecule has 0 unspecified atom stereocenters. The van der Waals surface area contributed by atoms with Crippen LogP contribution in [0, 0.1) is 6.92 Å². The molecule has 0 saturated carbocycles. The van der Waals surface area contributed by atoms with Crippen LogP contribution >= 0.6 is 0 Å². The number of nitrogens with one attached hydrogen (secondary N) is 2. The molecule has 0 bridgehead atoms. The second-order valence-electron chi connectivity index (χ2n) is 8.04. The Morgan fingerprint density at radius 3 is 2.53 bits per heavy atom. The molecule has 0 radical (unpaired) electrons. The van der Waals surface area contributed by atoms with Crippen LogP contribution in [0.4, 0.5) is 5.69 Å². The number of para-hydroxylation sites is 2. The summed E-state index contributed by atoms with van der Waals surface area (Å²) in [5.74, 6) is 0.555. The zero-order valence-corrected chi connectivity index (χ0v) is 19.3. The summed E-state index contributed by atoms with van der Waals surface area (Å²) in [7, 11) is 1.67. The molecule has 172 valence electrons. The van der Waals surface area contributed by atoms with Crippen molar-refractivity contribution in [1.82, 2.24) is 15.5 Å². The highest BCUT2D eigenvalue weighted by molar-refractivity contribution is 5.96. The van der Waals surface area contributed by atoms with Crippen molar-refractivity contribution in [2.75, 3.05) is 51.3 Å². The number of amides is 2. The number of anilines is 1. The number of nitrogens with zero attached hydrogens (tertiary/aromatic N) is 2. The second kappa shape index (κ2) is 11.5. The lowest BCUT2D eigenvalue weighted by atomic mass is 10.0. The molecule has 32 heavy (non-hydrogen) atoms. The zero-order valence-electron chi connectivity index (χ0n) is 19.3. The van der Waals surface area contributed by atoms with Crippen molar-refractivity contribution in [3.8, 4) is 5.75 Å². The van der Waals surface area contributed by atoms with Crippen molar-refractivity contribution in [2.45, 2.75) is 26.8 Å². The molecule has 0 aliphatic carbocycles. The minimum absolute atomic E-state index is 0.00475. The monoisotopic (exact) mass is 438 g/mol. The van der Waals surface area contributed by atoms with Gasteiger partial charge in [-0.15, -0.1) is 0 Å². The van der Waals surface area contributed by atoms with Crippen molar-refractivity contribution < 1.29 is 14.3 Å². The first-order chi connectivity index (χ1) is 15.5. The number of hydrogen-bond acceptors (Lipinski definition) is 5. The minimum Gasteiger partial charge on any atom is -0.495 e. The van der Waals surface area contributed by atoms with Crippen LogP contribution in [0.15, 0.2) is 42.5 Å². The Morgan fingerprint density at radius 1 is 1.06 bits per heavy atom. The number of ether oxygens (including phenoxy) is 1. The highest BCUT2D eigenvalue weighted by Crippen LogP contribution is 2.28. The van der Waals surface area contributed by atoms with Gasteiger partial charge in [0.25, 0.3) is 5.91 Å². The van der Waals surface area contributed by atoms with Crippen LogP contribution in [0.3, 0.4) is 0 Å². The van der Waals surface area contributed by atoms with Crippen molar-refractivity contribution in [3.63, 3.8) is 0 Å². The molecule has 1 heterocycles. The molecular weight excluding hydrogens is 404 g/mol. The van der Waals surface area contributed by atoms with Gasteiger partial charge in [0.1, 0.15) is 5.75 Å². The van der Waals surface area contributed by atoms with Crippen LogP contribution in [0.5, 0.6) is 5.75 Å². The van der Waals surface area contributed by atoms with Crippen molar-refractivity contribution in [3.05, 3.63) is 59.2 Å². The molecule has 1 aliphatic rings. The lowest BCUT2D eigenvalue weighted by Gasteiger charge is -2.36. The van der Waals surface area contributed by atoms with E-state index < -0.39 is 0 Å². The number of hydrogen-bond donors (Lipinski definition) is 2. The summed E-state index contributed by atoms with van der Waals surface area (Å²) in [6.45, 7) is 8.53. The number of carbonyl (C=O) groups excluding carboxylic acids is 2. The summed E-state index contributed by atoms with van der Waals surface area (Å²) >= 11 is 0. The van der Waals surface area contributed by atoms with Crippen LogP contribution in [0.2, 0.25) is 0 Å². The van der Waals surface area contributed by atoms with Gasteiger partial charge in [0.05, 0.1) is 19.3 Å². The van der Waals surface area contributed by atoms with Gasteiger partial charge in [-0.1, -0.05) is 25.1 Å². The normalized spacial score (nSPS) is 13.7. The second-order valence-corrected chi connectivity index (χ2v) is 8.04. The molecule has 0 spiro atoms. The summed E-state index contributed by atoms with van der Waals surface area (Å²) in [4.78, 5) is 29.3. The summed E-state index contributed by atoms with van der Waals surface area (Å²) in [5.41, 5.74) is 3.87. The van der Waals surface area contributed by atoms with Gasteiger partial charge in [0.2, 0.25) is 5.91 Å². The molecule has 0 aromatic heterocycles. The summed E-state index contributed by atoms with van der Waals surface area (Å²) in [6, 6.07) is 13.6. The van der Waals surface area contributed by atoms with Crippen molar-refractivity contribution in [2.24, 2.45) is 0 Å². The van der Waals surface area contributed by atoms with E-state index in [4.69, 9.17) is 4.74 Å². The average Bonchev–Trinajstić information content (AvgIpc) is 2.83. The van der Waals surface area contributed by atoms with E-state index in [2.05, 4.69) is 22.5 Å². The first-order valence-electron chi connectivity index (χ1n) is 11.3. The average molecular weight is 439 g/mol. The molecule has 7 nitrogen and oxygen atoms in total. The fourth-order valence-electron chi connectivity index (χ4n) is 3.86. The summed E-state index contributed by atoms with van der Waals surface area (Å²) in [6.07, 6.45) is 1.06. The third kappa shape index (κ3) is 6.01. The predicted octanol–water partition coefficient (Wildman–Crippen LogP) is 2.58. The molecule has 1 fully saturated rings. The Hall–Kier alpha value is -3.06. The van der Waals surface area contributed by atoms with E-state index in [1.54, 1.807) is 12.0 Å². The molecule has 2 aromatic carbocycles. The van der Waals surface area contributed by atoms with Gasteiger partial charge >= 0.3 is 0 Å². The van der Waals surface area contributed by atoms with Crippen LogP contribution in [-0.4, -0.2) is 63.1 Å². The minimum atomic E-state index is -0.220. The van der Waals surface area contributed by atoms with Gasteiger partial charge in [0.15, 0.2) is 0 Å². The molecule has 2 N–H and O–H groups in total. The smallest absolute Gasteiger partial charge is 0.251 e. The quantitative estimate of drug-likeness (QED) is 0.589. The van der Waals surface area contributed by atoms with Crippen LogP contribution in [0.25, 0.3) is 0 Å². The Kier molecular flexibility index (Phi) is 8.50. The number of aryl methyl sites for hydroxylation is 1. The topological polar surface area (TPSA) is 73.9 Å². The lowest BCUT2D eigenvalue weighted by Crippen LogP contribution is -2.51. The number of piperazine rings is 1. The maximum atomic E-state index is 12.7. The van der Waals surface area contributed by atoms with E-state index in [1.807, 2.05) is 49.4 Å². The first kappa shape index (κ1) is 23.6. The van der Waals surface area contributed by atoms with Crippen molar-refractivity contribution in [1.29, 1.82) is 0 Å². The standard InChI is InChI=1S/C25H34N4O3/c1-4-11-26-17-21-16-20(10-9-19(21)2)25(31)27-18-24(30)29-14-12-28(13-15-29)22-7-5-6-8-23(22)32-3/h5-10,16,26H,4,11-15,17-18H2,1-3H3,(H,27,31). The van der Waals surface area contributed by atoms with Crippen LogP contribution in [-0.2, 0) is 11.3 Å². The molecule has 2 aromatic rings. The first-order valence-corrected chi connectivity index (χ1v) is 11.3. The number of carbonyl (C=O) groups is 2. The molecule has 0 atom stereocenters. The highest BCUT2D eigenvalue weighted by atomic mass is 16.5. The Labute approximate surface area is 190 Å². The SMILES string of the molecule is CCCNCc1cc(C(=O)NCC(=O)N2CCN(c3ccccc3OC)CC2)ccc1C. The third-order valence-electron chi connectivity index (χ3n) is 5.81. The molecular formula is C25H34N4O3. The summed E-state index contributed by atoms with van der Waals surface area (Å²) < 4.78 is 5.45. The van der Waals surface area contributed by atoms with Gasteiger partial charge in [-0.25, -0.2) is 0 Å². The third-order valence-corrected chi connectivity index (χ3v) is 5.81. The van der Waals surface area contributed by atoms with Crippen LogP contribution < -0.4 is 20.3 Å². The Morgan fingerprint density at radius 2 is 1.81 bits per heavy atom. The van der Waals surface area contributed by atoms with Gasteiger partial charge < -0.3 is 25.2 Å². The van der Waals surface area contributed by atoms with Crippen molar-refractivity contribution >= 4 is 17.5 Å². The van der Waals surface area contributed by atoms with Gasteiger partial charge in [-0.2, -0.15) is 0 Å². The van der Waals surface area contributed by atoms with E-state index in [0.29, 0.717) is 18.7 Å². The van der Waals surface area contributed by atoms with E-state index in [-0.39, 0.29) is 18.4 Å². The predicted molar refractivity (Wildman–Crippen MR) is 127 cm³/mol. The highest BCUT2D eigenvalue weighted by Gasteiger charge is 2.23. The van der Waals surface area contributed by atoms with E-state index in [1.165, 1.54) is 0 Å². The lowest BCUT2D eigenvalue weighted by molar-refractivity contribution is -0.130. The number of methoxy groups -OCH3 is 1. The maximum Gasteiger partial charge on any atom is 0.251 e. The van der Waals surface area contributed by atoms with E-state index >= 15 is 0 Å². The Balaban J connectivity index is 1.50. The molecule has 7 heteroatoms. The van der Waals surface area contributed by atoms with Gasteiger partial charge in [-0.3, -0.25) is 9.59 Å².